The fourth-order valence-electron chi connectivity index (χ4n) is 3.12. The van der Waals surface area contributed by atoms with Crippen LogP contribution in [0.2, 0.25) is 0 Å². The largest absolute Gasteiger partial charge is 0.323 e. The van der Waals surface area contributed by atoms with Crippen LogP contribution in [-0.4, -0.2) is 33.6 Å². The van der Waals surface area contributed by atoms with Crippen LogP contribution in [0, 0.1) is 0 Å². The number of amides is 1. The second kappa shape index (κ2) is 12.3. The minimum atomic E-state index is 0.130. The number of nitrogens with one attached hydrogen (secondary N) is 2. The van der Waals surface area contributed by atoms with Gasteiger partial charge in [0.15, 0.2) is 0 Å². The monoisotopic (exact) mass is 369 g/mol. The maximum Gasteiger partial charge on any atom is 0.223 e. The lowest BCUT2D eigenvalue weighted by Crippen LogP contribution is -2.33. The van der Waals surface area contributed by atoms with Crippen molar-refractivity contribution in [2.45, 2.75) is 40.2 Å². The summed E-state index contributed by atoms with van der Waals surface area (Å²) in [5.74, 6) is 0.130. The molecule has 1 amide bonds. The zero-order chi connectivity index (χ0) is 20.2. The molecule has 27 heavy (non-hydrogen) atoms. The molecule has 2 aromatic carbocycles. The third-order valence-electron chi connectivity index (χ3n) is 4.25. The Morgan fingerprint density at radius 3 is 2.15 bits per heavy atom. The van der Waals surface area contributed by atoms with Gasteiger partial charge in [-0.05, 0) is 68.4 Å². The van der Waals surface area contributed by atoms with Crippen molar-refractivity contribution in [3.05, 3.63) is 53.6 Å². The van der Waals surface area contributed by atoms with Crippen molar-refractivity contribution >= 4 is 11.6 Å². The number of carbonyl (C=O) groups excluding carboxylic acids is 1. The number of carbonyl (C=O) groups is 1. The van der Waals surface area contributed by atoms with E-state index in [0.29, 0.717) is 0 Å². The van der Waals surface area contributed by atoms with E-state index in [-0.39, 0.29) is 5.91 Å². The Morgan fingerprint density at radius 1 is 1.00 bits per heavy atom. The highest BCUT2D eigenvalue weighted by Gasteiger charge is 2.20. The molecule has 0 bridgehead atoms. The summed E-state index contributed by atoms with van der Waals surface area (Å²) < 4.78 is 0. The van der Waals surface area contributed by atoms with E-state index in [1.165, 1.54) is 22.3 Å². The van der Waals surface area contributed by atoms with Gasteiger partial charge in [0.2, 0.25) is 5.91 Å². The average Bonchev–Trinajstić information content (AvgIpc) is 2.70. The van der Waals surface area contributed by atoms with Crippen molar-refractivity contribution in [1.29, 1.82) is 0 Å². The number of hydrogen-bond donors (Lipinski definition) is 2. The Bertz CT molecular complexity index is 695. The van der Waals surface area contributed by atoms with Gasteiger partial charge in [0.05, 0.1) is 0 Å². The molecule has 1 aliphatic heterocycles. The lowest BCUT2D eigenvalue weighted by Gasteiger charge is -2.29. The van der Waals surface area contributed by atoms with Gasteiger partial charge in [-0.2, -0.15) is 0 Å². The van der Waals surface area contributed by atoms with Crippen LogP contribution in [0.4, 0.5) is 5.69 Å². The molecule has 0 aromatic heterocycles. The van der Waals surface area contributed by atoms with Gasteiger partial charge >= 0.3 is 0 Å². The van der Waals surface area contributed by atoms with Crippen LogP contribution in [0.15, 0.2) is 42.5 Å². The number of hydrogen-bond acceptors (Lipinski definition) is 3. The second-order valence-electron chi connectivity index (χ2n) is 6.34. The smallest absolute Gasteiger partial charge is 0.223 e. The molecule has 4 heteroatoms. The van der Waals surface area contributed by atoms with E-state index >= 15 is 0 Å². The minimum Gasteiger partial charge on any atom is -0.323 e. The first kappa shape index (κ1) is 22.9. The quantitative estimate of drug-likeness (QED) is 0.851. The molecule has 0 aliphatic carbocycles. The van der Waals surface area contributed by atoms with E-state index in [2.05, 4.69) is 53.1 Å². The van der Waals surface area contributed by atoms with E-state index in [1.807, 2.05) is 39.9 Å². The molecule has 4 nitrogen and oxygen atoms in total. The highest BCUT2D eigenvalue weighted by Crippen LogP contribution is 2.31. The van der Waals surface area contributed by atoms with E-state index in [4.69, 9.17) is 0 Å². The van der Waals surface area contributed by atoms with Crippen LogP contribution >= 0.6 is 0 Å². The maximum absolute atomic E-state index is 11.7. The molecule has 1 aliphatic rings. The summed E-state index contributed by atoms with van der Waals surface area (Å²) in [5.41, 5.74) is 6.09. The topological polar surface area (TPSA) is 44.4 Å². The number of nitrogens with zero attached hydrogens (tertiary/aromatic N) is 1. The molecule has 0 saturated heterocycles. The molecule has 3 rings (SSSR count). The Kier molecular flexibility index (Phi) is 10.4. The van der Waals surface area contributed by atoms with Crippen molar-refractivity contribution in [2.24, 2.45) is 0 Å². The predicted octanol–water partition coefficient (Wildman–Crippen LogP) is 4.23. The molecule has 2 N–H and O–H groups in total. The Balaban J connectivity index is 0.000000665. The summed E-state index contributed by atoms with van der Waals surface area (Å²) in [5, 5.41) is 5.91. The number of rotatable bonds is 3. The predicted molar refractivity (Wildman–Crippen MR) is 117 cm³/mol. The first-order valence-electron chi connectivity index (χ1n) is 9.84. The molecule has 1 heterocycles. The second-order valence-corrected chi connectivity index (χ2v) is 6.34. The van der Waals surface area contributed by atoms with Crippen LogP contribution in [0.5, 0.6) is 0 Å². The van der Waals surface area contributed by atoms with E-state index < -0.39 is 0 Å². The van der Waals surface area contributed by atoms with Gasteiger partial charge in [0, 0.05) is 25.7 Å². The van der Waals surface area contributed by atoms with E-state index in [9.17, 15) is 4.79 Å². The highest BCUT2D eigenvalue weighted by molar-refractivity contribution is 5.93. The van der Waals surface area contributed by atoms with Crippen molar-refractivity contribution in [3.63, 3.8) is 0 Å². The SMILES string of the molecule is CC.CNC.CNCc1ccc(-c2ccc3c(c2)CCCN3C(C)=O)cc1. The van der Waals surface area contributed by atoms with Gasteiger partial charge in [0.1, 0.15) is 0 Å². The number of anilines is 1. The molecule has 0 unspecified atom stereocenters. The van der Waals surface area contributed by atoms with Crippen molar-refractivity contribution in [1.82, 2.24) is 10.6 Å². The summed E-state index contributed by atoms with van der Waals surface area (Å²) in [4.78, 5) is 13.6. The molecule has 148 valence electrons. The Hall–Kier alpha value is -2.17. The lowest BCUT2D eigenvalue weighted by molar-refractivity contribution is -0.116. The fraction of sp³-hybridized carbons (Fsp3) is 0.435. The van der Waals surface area contributed by atoms with Crippen LogP contribution in [0.3, 0.4) is 0 Å². The van der Waals surface area contributed by atoms with Gasteiger partial charge in [0.25, 0.3) is 0 Å². The maximum atomic E-state index is 11.7. The lowest BCUT2D eigenvalue weighted by atomic mass is 9.95. The Morgan fingerprint density at radius 2 is 1.59 bits per heavy atom. The number of fused-ring (bicyclic) bond motifs is 1. The van der Waals surface area contributed by atoms with Crippen LogP contribution < -0.4 is 15.5 Å². The zero-order valence-electron chi connectivity index (χ0n) is 17.7. The molecule has 0 saturated carbocycles. The van der Waals surface area contributed by atoms with Gasteiger partial charge in [-0.1, -0.05) is 44.2 Å². The molecular formula is C23H35N3O. The molecule has 2 aromatic rings. The van der Waals surface area contributed by atoms with E-state index in [0.717, 1.165) is 31.6 Å². The van der Waals surface area contributed by atoms with Crippen LogP contribution in [-0.2, 0) is 17.8 Å². The van der Waals surface area contributed by atoms with Crippen LogP contribution in [0.1, 0.15) is 38.3 Å². The molecule has 0 fully saturated rings. The molecular weight excluding hydrogens is 334 g/mol. The first-order valence-corrected chi connectivity index (χ1v) is 9.84. The normalized spacial score (nSPS) is 12.1. The Labute approximate surface area is 165 Å². The summed E-state index contributed by atoms with van der Waals surface area (Å²) in [6.07, 6.45) is 2.09. The fourth-order valence-corrected chi connectivity index (χ4v) is 3.12. The molecule has 0 radical (unpaired) electrons. The number of aryl methyl sites for hydroxylation is 1. The molecule has 0 atom stereocenters. The first-order chi connectivity index (χ1) is 13.1. The summed E-state index contributed by atoms with van der Waals surface area (Å²) in [6, 6.07) is 15.1. The van der Waals surface area contributed by atoms with Gasteiger partial charge in [-0.15, -0.1) is 0 Å². The minimum absolute atomic E-state index is 0.130. The number of benzene rings is 2. The van der Waals surface area contributed by atoms with Crippen molar-refractivity contribution in [2.75, 3.05) is 32.6 Å². The van der Waals surface area contributed by atoms with E-state index in [1.54, 1.807) is 6.92 Å². The molecule has 0 spiro atoms. The van der Waals surface area contributed by atoms with Crippen molar-refractivity contribution < 1.29 is 4.79 Å². The highest BCUT2D eigenvalue weighted by atomic mass is 16.2. The van der Waals surface area contributed by atoms with Crippen LogP contribution in [0.25, 0.3) is 11.1 Å². The van der Waals surface area contributed by atoms with Gasteiger partial charge in [-0.3, -0.25) is 4.79 Å². The summed E-state index contributed by atoms with van der Waals surface area (Å²) >= 11 is 0. The van der Waals surface area contributed by atoms with Crippen molar-refractivity contribution in [3.8, 4) is 11.1 Å². The average molecular weight is 370 g/mol. The standard InChI is InChI=1S/C19H22N2O.C2H7N.C2H6/c1-14(22)21-11-3-4-18-12-17(9-10-19(18)21)16-7-5-15(6-8-16)13-20-2;1-3-2;1-2/h5-10,12,20H,3-4,11,13H2,1-2H3;3H,1-2H3;1-2H3. The summed E-state index contributed by atoms with van der Waals surface area (Å²) in [6.45, 7) is 7.36. The third-order valence-corrected chi connectivity index (χ3v) is 4.25. The van der Waals surface area contributed by atoms with Gasteiger partial charge < -0.3 is 15.5 Å². The van der Waals surface area contributed by atoms with Gasteiger partial charge in [-0.25, -0.2) is 0 Å². The summed E-state index contributed by atoms with van der Waals surface area (Å²) in [7, 11) is 5.71. The zero-order valence-corrected chi connectivity index (χ0v) is 17.7. The third kappa shape index (κ3) is 6.49.